The van der Waals surface area contributed by atoms with Crippen LogP contribution < -0.4 is 10.6 Å². The standard InChI is InChI=1S/C23H29FN4O2S/c1-23(2,3)19(21(30)28-11-5-8-18(28)20(29)25-16-9-10-16)27-22-26-17(13-31-22)14-6-4-7-15(24)12-14/h4,6-7,12-13,16,18-19H,5,8-11H2,1-3H3,(H,25,29)(H,26,27)/t18-,19+/m0/s1. The molecule has 2 heterocycles. The van der Waals surface area contributed by atoms with Gasteiger partial charge in [0, 0.05) is 23.5 Å². The van der Waals surface area contributed by atoms with Gasteiger partial charge in [-0.25, -0.2) is 9.37 Å². The Morgan fingerprint density at radius 3 is 2.71 bits per heavy atom. The van der Waals surface area contributed by atoms with Gasteiger partial charge in [-0.3, -0.25) is 9.59 Å². The number of carbonyl (C=O) groups excluding carboxylic acids is 2. The maximum atomic E-state index is 13.6. The summed E-state index contributed by atoms with van der Waals surface area (Å²) in [7, 11) is 0. The molecule has 166 valence electrons. The van der Waals surface area contributed by atoms with Crippen LogP contribution in [-0.4, -0.2) is 46.4 Å². The van der Waals surface area contributed by atoms with E-state index in [1.54, 1.807) is 11.0 Å². The van der Waals surface area contributed by atoms with E-state index >= 15 is 0 Å². The van der Waals surface area contributed by atoms with Crippen LogP contribution in [0.2, 0.25) is 0 Å². The number of carbonyl (C=O) groups is 2. The van der Waals surface area contributed by atoms with E-state index < -0.39 is 12.1 Å². The maximum absolute atomic E-state index is 13.6. The van der Waals surface area contributed by atoms with Crippen molar-refractivity contribution in [3.05, 3.63) is 35.5 Å². The Kier molecular flexibility index (Phi) is 6.01. The Hall–Kier alpha value is -2.48. The normalized spacial score (nSPS) is 19.9. The molecule has 1 aromatic heterocycles. The van der Waals surface area contributed by atoms with E-state index in [0.717, 1.165) is 19.3 Å². The molecule has 1 aliphatic heterocycles. The number of nitrogens with zero attached hydrogens (tertiary/aromatic N) is 2. The second-order valence-corrected chi connectivity index (χ2v) is 10.3. The molecule has 0 unspecified atom stereocenters. The van der Waals surface area contributed by atoms with Gasteiger partial charge in [0.05, 0.1) is 5.69 Å². The molecular weight excluding hydrogens is 415 g/mol. The quantitative estimate of drug-likeness (QED) is 0.705. The Balaban J connectivity index is 1.51. The van der Waals surface area contributed by atoms with Crippen LogP contribution >= 0.6 is 11.3 Å². The molecule has 0 spiro atoms. The average molecular weight is 445 g/mol. The number of amides is 2. The summed E-state index contributed by atoms with van der Waals surface area (Å²) in [4.78, 5) is 32.5. The Bertz CT molecular complexity index is 966. The minimum absolute atomic E-state index is 0.0383. The lowest BCUT2D eigenvalue weighted by Gasteiger charge is -2.35. The molecule has 0 radical (unpaired) electrons. The number of nitrogens with one attached hydrogen (secondary N) is 2. The summed E-state index contributed by atoms with van der Waals surface area (Å²) in [6.45, 7) is 6.58. The van der Waals surface area contributed by atoms with Gasteiger partial charge in [0.1, 0.15) is 17.9 Å². The van der Waals surface area contributed by atoms with Crippen LogP contribution in [0, 0.1) is 11.2 Å². The lowest BCUT2D eigenvalue weighted by molar-refractivity contribution is -0.140. The van der Waals surface area contributed by atoms with Crippen LogP contribution in [-0.2, 0) is 9.59 Å². The first-order valence-electron chi connectivity index (χ1n) is 10.8. The maximum Gasteiger partial charge on any atom is 0.246 e. The lowest BCUT2D eigenvalue weighted by atomic mass is 9.85. The Morgan fingerprint density at radius 1 is 1.26 bits per heavy atom. The molecule has 2 atom stereocenters. The molecule has 2 aliphatic rings. The third-order valence-electron chi connectivity index (χ3n) is 5.77. The van der Waals surface area contributed by atoms with Crippen LogP contribution in [0.1, 0.15) is 46.5 Å². The molecule has 1 aromatic carbocycles. The predicted octanol–water partition coefficient (Wildman–Crippen LogP) is 4.05. The van der Waals surface area contributed by atoms with E-state index in [-0.39, 0.29) is 29.1 Å². The largest absolute Gasteiger partial charge is 0.352 e. The van der Waals surface area contributed by atoms with Gasteiger partial charge in [-0.15, -0.1) is 11.3 Å². The zero-order valence-corrected chi connectivity index (χ0v) is 19.0. The summed E-state index contributed by atoms with van der Waals surface area (Å²) in [5, 5.41) is 8.80. The van der Waals surface area contributed by atoms with Gasteiger partial charge in [0.25, 0.3) is 0 Å². The monoisotopic (exact) mass is 444 g/mol. The highest BCUT2D eigenvalue weighted by atomic mass is 32.1. The van der Waals surface area contributed by atoms with Crippen molar-refractivity contribution in [2.24, 2.45) is 5.41 Å². The molecule has 2 N–H and O–H groups in total. The fourth-order valence-corrected chi connectivity index (χ4v) is 4.64. The molecule has 8 heteroatoms. The molecule has 2 amide bonds. The SMILES string of the molecule is CC(C)(C)[C@H](Nc1nc(-c2cccc(F)c2)cs1)C(=O)N1CCC[C@H]1C(=O)NC1CC1. The zero-order chi connectivity index (χ0) is 22.2. The Morgan fingerprint density at radius 2 is 2.03 bits per heavy atom. The highest BCUT2D eigenvalue weighted by molar-refractivity contribution is 7.14. The van der Waals surface area contributed by atoms with E-state index in [1.807, 2.05) is 32.2 Å². The number of aromatic nitrogens is 1. The van der Waals surface area contributed by atoms with Crippen molar-refractivity contribution in [2.45, 2.75) is 64.6 Å². The first kappa shape index (κ1) is 21.7. The molecular formula is C23H29FN4O2S. The minimum atomic E-state index is -0.534. The van der Waals surface area contributed by atoms with E-state index in [2.05, 4.69) is 15.6 Å². The van der Waals surface area contributed by atoms with Gasteiger partial charge in [-0.1, -0.05) is 32.9 Å². The number of rotatable bonds is 6. The number of anilines is 1. The lowest BCUT2D eigenvalue weighted by Crippen LogP contribution is -2.54. The van der Waals surface area contributed by atoms with Gasteiger partial charge in [-0.05, 0) is 43.2 Å². The van der Waals surface area contributed by atoms with Gasteiger partial charge < -0.3 is 15.5 Å². The van der Waals surface area contributed by atoms with Gasteiger partial charge in [0.15, 0.2) is 5.13 Å². The number of halogens is 1. The fourth-order valence-electron chi connectivity index (χ4n) is 3.89. The van der Waals surface area contributed by atoms with Crippen molar-refractivity contribution in [1.82, 2.24) is 15.2 Å². The van der Waals surface area contributed by atoms with Gasteiger partial charge >= 0.3 is 0 Å². The van der Waals surface area contributed by atoms with Crippen LogP contribution in [0.3, 0.4) is 0 Å². The predicted molar refractivity (Wildman–Crippen MR) is 120 cm³/mol. The molecule has 2 fully saturated rings. The second-order valence-electron chi connectivity index (χ2n) is 9.46. The van der Waals surface area contributed by atoms with Crippen molar-refractivity contribution in [3.8, 4) is 11.3 Å². The molecule has 1 saturated heterocycles. The second kappa shape index (κ2) is 8.57. The number of hydrogen-bond donors (Lipinski definition) is 2. The zero-order valence-electron chi connectivity index (χ0n) is 18.2. The van der Waals surface area contributed by atoms with Crippen LogP contribution in [0.4, 0.5) is 9.52 Å². The highest BCUT2D eigenvalue weighted by Crippen LogP contribution is 2.31. The Labute approximate surface area is 186 Å². The van der Waals surface area contributed by atoms with Gasteiger partial charge in [-0.2, -0.15) is 0 Å². The fraction of sp³-hybridized carbons (Fsp3) is 0.522. The number of hydrogen-bond acceptors (Lipinski definition) is 5. The molecule has 6 nitrogen and oxygen atoms in total. The summed E-state index contributed by atoms with van der Waals surface area (Å²) in [5.74, 6) is -0.431. The average Bonchev–Trinajstić information content (AvgIpc) is 3.19. The first-order chi connectivity index (χ1) is 14.7. The minimum Gasteiger partial charge on any atom is -0.352 e. The summed E-state index contributed by atoms with van der Waals surface area (Å²) < 4.78 is 13.6. The van der Waals surface area contributed by atoms with Crippen molar-refractivity contribution in [3.63, 3.8) is 0 Å². The summed E-state index contributed by atoms with van der Waals surface area (Å²) >= 11 is 1.38. The van der Waals surface area contributed by atoms with Crippen molar-refractivity contribution < 1.29 is 14.0 Å². The molecule has 1 saturated carbocycles. The van der Waals surface area contributed by atoms with E-state index in [0.29, 0.717) is 29.4 Å². The third-order valence-corrected chi connectivity index (χ3v) is 6.54. The van der Waals surface area contributed by atoms with E-state index in [9.17, 15) is 14.0 Å². The molecule has 2 aromatic rings. The first-order valence-corrected chi connectivity index (χ1v) is 11.7. The van der Waals surface area contributed by atoms with E-state index in [4.69, 9.17) is 0 Å². The summed E-state index contributed by atoms with van der Waals surface area (Å²) in [5.41, 5.74) is 0.969. The van der Waals surface area contributed by atoms with E-state index in [1.165, 1.54) is 23.5 Å². The molecule has 4 rings (SSSR count). The van der Waals surface area contributed by atoms with Crippen LogP contribution in [0.15, 0.2) is 29.6 Å². The van der Waals surface area contributed by atoms with Crippen molar-refractivity contribution in [1.29, 1.82) is 0 Å². The number of thiazole rings is 1. The summed E-state index contributed by atoms with van der Waals surface area (Å²) in [6, 6.07) is 5.64. The topological polar surface area (TPSA) is 74.3 Å². The highest BCUT2D eigenvalue weighted by Gasteiger charge is 2.42. The number of likely N-dealkylation sites (tertiary alicyclic amines) is 1. The van der Waals surface area contributed by atoms with Crippen LogP contribution in [0.25, 0.3) is 11.3 Å². The smallest absolute Gasteiger partial charge is 0.246 e. The molecule has 1 aliphatic carbocycles. The van der Waals surface area contributed by atoms with Crippen molar-refractivity contribution in [2.75, 3.05) is 11.9 Å². The third kappa shape index (κ3) is 5.06. The number of benzene rings is 1. The molecule has 31 heavy (non-hydrogen) atoms. The molecule has 0 bridgehead atoms. The van der Waals surface area contributed by atoms with Crippen molar-refractivity contribution >= 4 is 28.3 Å². The summed E-state index contributed by atoms with van der Waals surface area (Å²) in [6.07, 6.45) is 3.57. The van der Waals surface area contributed by atoms with Crippen LogP contribution in [0.5, 0.6) is 0 Å². The van der Waals surface area contributed by atoms with Gasteiger partial charge in [0.2, 0.25) is 11.8 Å².